The number of aromatic hydroxyl groups is 1. The average molecular weight is 273 g/mol. The minimum absolute atomic E-state index is 0.366. The summed E-state index contributed by atoms with van der Waals surface area (Å²) in [5, 5.41) is 13.9. The molecule has 2 aliphatic carbocycles. The number of phenols is 1. The van der Waals surface area contributed by atoms with Gasteiger partial charge in [0.2, 0.25) is 0 Å². The highest BCUT2D eigenvalue weighted by atomic mass is 16.3. The maximum Gasteiger partial charge on any atom is 0.123 e. The molecule has 0 heterocycles. The standard InChI is InChI=1S/C18H27NO/c1-11-6-7-14(12(2)16(11)20)19-15-10-13-8-9-18(15,5)17(13,3)4/h6-7,13,15,19-20H,8-10H2,1-5H3. The predicted molar refractivity (Wildman–Crippen MR) is 84.2 cm³/mol. The molecule has 0 spiro atoms. The van der Waals surface area contributed by atoms with Gasteiger partial charge in [0.1, 0.15) is 5.75 Å². The summed E-state index contributed by atoms with van der Waals surface area (Å²) in [5.41, 5.74) is 3.82. The van der Waals surface area contributed by atoms with Gasteiger partial charge < -0.3 is 10.4 Å². The van der Waals surface area contributed by atoms with Crippen molar-refractivity contribution in [2.75, 3.05) is 5.32 Å². The summed E-state index contributed by atoms with van der Waals surface area (Å²) in [4.78, 5) is 0. The smallest absolute Gasteiger partial charge is 0.123 e. The van der Waals surface area contributed by atoms with Crippen LogP contribution in [0.4, 0.5) is 5.69 Å². The Bertz CT molecular complexity index is 549. The third-order valence-corrected chi connectivity index (χ3v) is 6.76. The molecule has 3 atom stereocenters. The fourth-order valence-electron chi connectivity index (χ4n) is 4.60. The van der Waals surface area contributed by atoms with E-state index in [0.29, 0.717) is 22.6 Å². The van der Waals surface area contributed by atoms with E-state index >= 15 is 0 Å². The van der Waals surface area contributed by atoms with Crippen LogP contribution in [0, 0.1) is 30.6 Å². The number of phenolic OH excluding ortho intramolecular Hbond substituents is 1. The first-order valence-corrected chi connectivity index (χ1v) is 7.83. The molecule has 2 saturated carbocycles. The van der Waals surface area contributed by atoms with Crippen molar-refractivity contribution in [1.29, 1.82) is 0 Å². The lowest BCUT2D eigenvalue weighted by Gasteiger charge is -2.40. The Hall–Kier alpha value is -1.18. The summed E-state index contributed by atoms with van der Waals surface area (Å²) in [5.74, 6) is 1.27. The van der Waals surface area contributed by atoms with Crippen LogP contribution in [0.15, 0.2) is 12.1 Å². The number of anilines is 1. The Balaban J connectivity index is 1.89. The minimum atomic E-state index is 0.366. The zero-order valence-corrected chi connectivity index (χ0v) is 13.4. The highest BCUT2D eigenvalue weighted by molar-refractivity contribution is 5.60. The van der Waals surface area contributed by atoms with Gasteiger partial charge in [-0.1, -0.05) is 26.8 Å². The molecular weight excluding hydrogens is 246 g/mol. The van der Waals surface area contributed by atoms with Crippen LogP contribution in [0.25, 0.3) is 0 Å². The second kappa shape index (κ2) is 4.16. The van der Waals surface area contributed by atoms with Crippen LogP contribution >= 0.6 is 0 Å². The first kappa shape index (κ1) is 13.8. The summed E-state index contributed by atoms with van der Waals surface area (Å²) < 4.78 is 0. The van der Waals surface area contributed by atoms with Gasteiger partial charge in [-0.25, -0.2) is 0 Å². The van der Waals surface area contributed by atoms with E-state index in [1.807, 2.05) is 19.9 Å². The van der Waals surface area contributed by atoms with E-state index in [4.69, 9.17) is 0 Å². The molecule has 2 heteroatoms. The number of hydrogen-bond donors (Lipinski definition) is 2. The second-order valence-corrected chi connectivity index (χ2v) is 7.71. The predicted octanol–water partition coefficient (Wildman–Crippen LogP) is 4.64. The largest absolute Gasteiger partial charge is 0.507 e. The number of hydrogen-bond acceptors (Lipinski definition) is 2. The molecule has 110 valence electrons. The second-order valence-electron chi connectivity index (χ2n) is 7.71. The van der Waals surface area contributed by atoms with Gasteiger partial charge >= 0.3 is 0 Å². The summed E-state index contributed by atoms with van der Waals surface area (Å²) in [6, 6.07) is 4.65. The molecule has 2 bridgehead atoms. The van der Waals surface area contributed by atoms with E-state index < -0.39 is 0 Å². The zero-order chi connectivity index (χ0) is 14.7. The Morgan fingerprint density at radius 2 is 1.90 bits per heavy atom. The number of aryl methyl sites for hydroxylation is 1. The zero-order valence-electron chi connectivity index (χ0n) is 13.4. The SMILES string of the molecule is Cc1ccc(NC2CC3CCC2(C)C3(C)C)c(C)c1O. The van der Waals surface area contributed by atoms with Crippen LogP contribution in [0.1, 0.15) is 51.2 Å². The van der Waals surface area contributed by atoms with Crippen molar-refractivity contribution in [3.63, 3.8) is 0 Å². The van der Waals surface area contributed by atoms with E-state index in [9.17, 15) is 5.11 Å². The fourth-order valence-corrected chi connectivity index (χ4v) is 4.60. The number of benzene rings is 1. The van der Waals surface area contributed by atoms with Crippen LogP contribution in [0.2, 0.25) is 0 Å². The summed E-state index contributed by atoms with van der Waals surface area (Å²) >= 11 is 0. The van der Waals surface area contributed by atoms with E-state index in [1.54, 1.807) is 0 Å². The molecule has 2 aliphatic rings. The highest BCUT2D eigenvalue weighted by Crippen LogP contribution is 2.65. The number of nitrogens with one attached hydrogen (secondary N) is 1. The molecule has 0 radical (unpaired) electrons. The van der Waals surface area contributed by atoms with Gasteiger partial charge in [-0.15, -0.1) is 0 Å². The van der Waals surface area contributed by atoms with Gasteiger partial charge in [-0.05, 0) is 61.5 Å². The van der Waals surface area contributed by atoms with Crippen molar-refractivity contribution < 1.29 is 5.11 Å². The normalized spacial score (nSPS) is 34.5. The van der Waals surface area contributed by atoms with Gasteiger partial charge in [-0.3, -0.25) is 0 Å². The van der Waals surface area contributed by atoms with Crippen LogP contribution in [-0.2, 0) is 0 Å². The van der Waals surface area contributed by atoms with Crippen molar-refractivity contribution in [3.8, 4) is 5.75 Å². The quantitative estimate of drug-likeness (QED) is 0.823. The Morgan fingerprint density at radius 3 is 2.45 bits per heavy atom. The van der Waals surface area contributed by atoms with Gasteiger partial charge in [0.15, 0.2) is 0 Å². The van der Waals surface area contributed by atoms with Crippen molar-refractivity contribution >= 4 is 5.69 Å². The van der Waals surface area contributed by atoms with E-state index in [0.717, 1.165) is 22.7 Å². The van der Waals surface area contributed by atoms with E-state index in [1.165, 1.54) is 19.3 Å². The Morgan fingerprint density at radius 1 is 1.20 bits per heavy atom. The molecule has 2 fully saturated rings. The molecule has 3 rings (SSSR count). The lowest BCUT2D eigenvalue weighted by molar-refractivity contribution is 0.142. The monoisotopic (exact) mass is 273 g/mol. The van der Waals surface area contributed by atoms with Gasteiger partial charge in [-0.2, -0.15) is 0 Å². The first-order chi connectivity index (χ1) is 9.27. The third-order valence-electron chi connectivity index (χ3n) is 6.76. The molecule has 20 heavy (non-hydrogen) atoms. The summed E-state index contributed by atoms with van der Waals surface area (Å²) in [7, 11) is 0. The lowest BCUT2D eigenvalue weighted by Crippen LogP contribution is -2.40. The maximum atomic E-state index is 10.1. The summed E-state index contributed by atoms with van der Waals surface area (Å²) in [6.07, 6.45) is 3.95. The molecule has 0 saturated heterocycles. The highest BCUT2D eigenvalue weighted by Gasteiger charge is 2.61. The molecule has 2 nitrogen and oxygen atoms in total. The molecule has 1 aromatic rings. The molecule has 3 unspecified atom stereocenters. The number of rotatable bonds is 2. The molecular formula is C18H27NO. The number of fused-ring (bicyclic) bond motifs is 2. The van der Waals surface area contributed by atoms with Gasteiger partial charge in [0.05, 0.1) is 0 Å². The fraction of sp³-hybridized carbons (Fsp3) is 0.667. The molecule has 0 aliphatic heterocycles. The van der Waals surface area contributed by atoms with E-state index in [2.05, 4.69) is 32.2 Å². The maximum absolute atomic E-state index is 10.1. The molecule has 2 N–H and O–H groups in total. The van der Waals surface area contributed by atoms with Crippen LogP contribution in [0.5, 0.6) is 5.75 Å². The van der Waals surface area contributed by atoms with E-state index in [-0.39, 0.29) is 0 Å². The van der Waals surface area contributed by atoms with Gasteiger partial charge in [0.25, 0.3) is 0 Å². The molecule has 1 aromatic carbocycles. The topological polar surface area (TPSA) is 32.3 Å². The summed E-state index contributed by atoms with van der Waals surface area (Å²) in [6.45, 7) is 11.3. The third kappa shape index (κ3) is 1.63. The van der Waals surface area contributed by atoms with Crippen molar-refractivity contribution in [2.24, 2.45) is 16.7 Å². The molecule has 0 aromatic heterocycles. The lowest BCUT2D eigenvalue weighted by atomic mass is 9.69. The van der Waals surface area contributed by atoms with Crippen LogP contribution < -0.4 is 5.32 Å². The van der Waals surface area contributed by atoms with Gasteiger partial charge in [0, 0.05) is 17.3 Å². The van der Waals surface area contributed by atoms with Crippen LogP contribution in [-0.4, -0.2) is 11.1 Å². The van der Waals surface area contributed by atoms with Crippen molar-refractivity contribution in [1.82, 2.24) is 0 Å². The minimum Gasteiger partial charge on any atom is -0.507 e. The van der Waals surface area contributed by atoms with Crippen molar-refractivity contribution in [3.05, 3.63) is 23.3 Å². The Kier molecular flexibility index (Phi) is 2.87. The first-order valence-electron chi connectivity index (χ1n) is 7.83. The molecule has 0 amide bonds. The average Bonchev–Trinajstić information content (AvgIpc) is 2.72. The van der Waals surface area contributed by atoms with Crippen LogP contribution in [0.3, 0.4) is 0 Å². The Labute approximate surface area is 122 Å². The van der Waals surface area contributed by atoms with Crippen molar-refractivity contribution in [2.45, 2.75) is 59.9 Å².